The van der Waals surface area contributed by atoms with Crippen LogP contribution in [-0.2, 0) is 6.18 Å². The topological polar surface area (TPSA) is 46.9 Å². The second kappa shape index (κ2) is 6.02. The molecule has 116 valence electrons. The number of rotatable bonds is 3. The highest BCUT2D eigenvalue weighted by molar-refractivity contribution is 6.39. The molecule has 0 bridgehead atoms. The largest absolute Gasteiger partial charge is 0.433 e. The van der Waals surface area contributed by atoms with Crippen molar-refractivity contribution in [3.05, 3.63) is 56.9 Å². The maximum absolute atomic E-state index is 12.8. The summed E-state index contributed by atoms with van der Waals surface area (Å²) in [6.07, 6.45) is -3.73. The van der Waals surface area contributed by atoms with E-state index in [2.05, 4.69) is 16.9 Å². The number of alkyl halides is 3. The first-order valence-corrected chi connectivity index (χ1v) is 6.54. The summed E-state index contributed by atoms with van der Waals surface area (Å²) in [5.74, 6) is -0.398. The molecular formula is C13H8Cl2F3N3O. The number of nitrogens with one attached hydrogen (secondary N) is 1. The number of anilines is 2. The van der Waals surface area contributed by atoms with E-state index in [9.17, 15) is 18.0 Å². The molecule has 1 aromatic heterocycles. The second-order valence-electron chi connectivity index (χ2n) is 4.08. The van der Waals surface area contributed by atoms with Crippen LogP contribution in [0.4, 0.5) is 24.8 Å². The second-order valence-corrected chi connectivity index (χ2v) is 4.89. The summed E-state index contributed by atoms with van der Waals surface area (Å²) in [7, 11) is 0. The number of benzene rings is 1. The number of hydrogen-bond acceptors (Lipinski definition) is 3. The molecule has 0 aliphatic carbocycles. The van der Waals surface area contributed by atoms with E-state index >= 15 is 0 Å². The zero-order valence-corrected chi connectivity index (χ0v) is 12.3. The van der Waals surface area contributed by atoms with Gasteiger partial charge in [-0.15, -0.1) is 0 Å². The van der Waals surface area contributed by atoms with Gasteiger partial charge in [0.15, 0.2) is 5.69 Å². The maximum Gasteiger partial charge on any atom is 0.433 e. The molecule has 0 atom stereocenters. The molecule has 0 unspecified atom stereocenters. The highest BCUT2D eigenvalue weighted by atomic mass is 35.5. The third-order valence-electron chi connectivity index (χ3n) is 2.62. The summed E-state index contributed by atoms with van der Waals surface area (Å²) in [4.78, 5) is 15.1. The van der Waals surface area contributed by atoms with Gasteiger partial charge in [0.05, 0.1) is 15.7 Å². The average molecular weight is 350 g/mol. The maximum atomic E-state index is 12.8. The minimum absolute atomic E-state index is 0.132. The van der Waals surface area contributed by atoms with E-state index in [0.29, 0.717) is 6.07 Å². The van der Waals surface area contributed by atoms with Crippen molar-refractivity contribution >= 4 is 41.0 Å². The minimum Gasteiger partial charge on any atom is -0.323 e. The molecule has 0 aliphatic rings. The van der Waals surface area contributed by atoms with E-state index in [4.69, 9.17) is 23.2 Å². The van der Waals surface area contributed by atoms with Crippen molar-refractivity contribution in [3.8, 4) is 0 Å². The molecule has 0 saturated carbocycles. The number of nitrogens with zero attached hydrogens (tertiary/aromatic N) is 2. The van der Waals surface area contributed by atoms with E-state index in [-0.39, 0.29) is 15.7 Å². The molecule has 0 aliphatic heterocycles. The number of aromatic nitrogens is 2. The van der Waals surface area contributed by atoms with Crippen molar-refractivity contribution in [3.63, 3.8) is 0 Å². The van der Waals surface area contributed by atoms with Crippen LogP contribution in [0.1, 0.15) is 5.69 Å². The van der Waals surface area contributed by atoms with Gasteiger partial charge in [-0.2, -0.15) is 13.2 Å². The fourth-order valence-electron chi connectivity index (χ4n) is 1.63. The molecule has 2 aromatic rings. The normalized spacial score (nSPS) is 11.3. The van der Waals surface area contributed by atoms with Crippen molar-refractivity contribution in [1.82, 2.24) is 9.55 Å². The predicted octanol–water partition coefficient (Wildman–Crippen LogP) is 4.41. The zero-order chi connectivity index (χ0) is 16.5. The fourth-order valence-corrected chi connectivity index (χ4v) is 2.12. The molecule has 0 spiro atoms. The highest BCUT2D eigenvalue weighted by Gasteiger charge is 2.34. The lowest BCUT2D eigenvalue weighted by Crippen LogP contribution is -2.23. The molecule has 0 saturated heterocycles. The smallest absolute Gasteiger partial charge is 0.323 e. The van der Waals surface area contributed by atoms with Crippen LogP contribution < -0.4 is 10.9 Å². The van der Waals surface area contributed by atoms with Gasteiger partial charge in [-0.1, -0.05) is 35.8 Å². The predicted molar refractivity (Wildman–Crippen MR) is 79.6 cm³/mol. The van der Waals surface area contributed by atoms with Crippen molar-refractivity contribution < 1.29 is 13.2 Å². The lowest BCUT2D eigenvalue weighted by Gasteiger charge is -2.14. The molecule has 1 N–H and O–H groups in total. The summed E-state index contributed by atoms with van der Waals surface area (Å²) >= 11 is 11.9. The van der Waals surface area contributed by atoms with Crippen LogP contribution >= 0.6 is 23.2 Å². The molecule has 2 rings (SSSR count). The molecule has 9 heteroatoms. The van der Waals surface area contributed by atoms with Crippen molar-refractivity contribution in [2.24, 2.45) is 0 Å². The molecule has 4 nitrogen and oxygen atoms in total. The highest BCUT2D eigenvalue weighted by Crippen LogP contribution is 2.33. The molecule has 0 radical (unpaired) electrons. The SMILES string of the molecule is C=Cn1c(Nc2c(Cl)cccc2Cl)nc(C(F)(F)F)cc1=O. The average Bonchev–Trinajstić information content (AvgIpc) is 2.41. The Morgan fingerprint density at radius 3 is 2.36 bits per heavy atom. The summed E-state index contributed by atoms with van der Waals surface area (Å²) in [6.45, 7) is 3.37. The Balaban J connectivity index is 2.61. The Hall–Kier alpha value is -1.99. The van der Waals surface area contributed by atoms with Crippen LogP contribution in [0.3, 0.4) is 0 Å². The fraction of sp³-hybridized carbons (Fsp3) is 0.0769. The van der Waals surface area contributed by atoms with Gasteiger partial charge in [-0.25, -0.2) is 4.98 Å². The molecule has 0 amide bonds. The van der Waals surface area contributed by atoms with Crippen molar-refractivity contribution in [2.75, 3.05) is 5.32 Å². The Morgan fingerprint density at radius 2 is 1.86 bits per heavy atom. The molecule has 1 aromatic carbocycles. The molecule has 22 heavy (non-hydrogen) atoms. The quantitative estimate of drug-likeness (QED) is 0.892. The van der Waals surface area contributed by atoms with Crippen molar-refractivity contribution in [2.45, 2.75) is 6.18 Å². The van der Waals surface area contributed by atoms with E-state index in [0.717, 1.165) is 10.8 Å². The minimum atomic E-state index is -4.76. The molecular weight excluding hydrogens is 342 g/mol. The van der Waals surface area contributed by atoms with Gasteiger partial charge >= 0.3 is 6.18 Å². The van der Waals surface area contributed by atoms with E-state index in [1.807, 2.05) is 0 Å². The first kappa shape index (κ1) is 16.4. The van der Waals surface area contributed by atoms with Gasteiger partial charge in [0.2, 0.25) is 5.95 Å². The molecule has 0 fully saturated rings. The summed E-state index contributed by atoms with van der Waals surface area (Å²) < 4.78 is 39.1. The zero-order valence-electron chi connectivity index (χ0n) is 10.8. The molecule has 1 heterocycles. The third kappa shape index (κ3) is 3.26. The van der Waals surface area contributed by atoms with Gasteiger partial charge in [0.25, 0.3) is 5.56 Å². The number of halogens is 5. The Labute approximate surface area is 132 Å². The monoisotopic (exact) mass is 349 g/mol. The van der Waals surface area contributed by atoms with E-state index in [1.165, 1.54) is 12.1 Å². The van der Waals surface area contributed by atoms with Crippen molar-refractivity contribution in [1.29, 1.82) is 0 Å². The summed E-state index contributed by atoms with van der Waals surface area (Å²) in [6, 6.07) is 4.91. The van der Waals surface area contributed by atoms with Gasteiger partial charge in [0, 0.05) is 12.3 Å². The van der Waals surface area contributed by atoms with Crippen LogP contribution in [0, 0.1) is 0 Å². The van der Waals surface area contributed by atoms with Gasteiger partial charge in [0.1, 0.15) is 0 Å². The van der Waals surface area contributed by atoms with Crippen LogP contribution in [0.2, 0.25) is 10.0 Å². The standard InChI is InChI=1S/C13H8Cl2F3N3O/c1-2-21-10(22)6-9(13(16,17)18)19-12(21)20-11-7(14)4-3-5-8(11)15/h2-6H,1H2,(H,19,20). The van der Waals surface area contributed by atoms with Gasteiger partial charge in [-0.05, 0) is 12.1 Å². The number of hydrogen-bond donors (Lipinski definition) is 1. The van der Waals surface area contributed by atoms with Crippen LogP contribution in [-0.4, -0.2) is 9.55 Å². The lowest BCUT2D eigenvalue weighted by atomic mass is 10.3. The first-order valence-electron chi connectivity index (χ1n) is 5.78. The van der Waals surface area contributed by atoms with Crippen LogP contribution in [0.5, 0.6) is 0 Å². The van der Waals surface area contributed by atoms with Gasteiger partial charge in [-0.3, -0.25) is 9.36 Å². The lowest BCUT2D eigenvalue weighted by molar-refractivity contribution is -0.141. The Morgan fingerprint density at radius 1 is 1.27 bits per heavy atom. The van der Waals surface area contributed by atoms with Crippen LogP contribution in [0.25, 0.3) is 6.20 Å². The number of para-hydroxylation sites is 1. The van der Waals surface area contributed by atoms with E-state index < -0.39 is 23.4 Å². The Bertz CT molecular complexity index is 767. The van der Waals surface area contributed by atoms with Crippen LogP contribution in [0.15, 0.2) is 35.6 Å². The van der Waals surface area contributed by atoms with E-state index in [1.54, 1.807) is 6.07 Å². The summed E-state index contributed by atoms with van der Waals surface area (Å²) in [5.41, 5.74) is -2.14. The summed E-state index contributed by atoms with van der Waals surface area (Å²) in [5, 5.41) is 2.85. The third-order valence-corrected chi connectivity index (χ3v) is 3.25. The Kier molecular flexibility index (Phi) is 4.48. The van der Waals surface area contributed by atoms with Gasteiger partial charge < -0.3 is 5.32 Å². The first-order chi connectivity index (χ1) is 10.2.